The number of methoxy groups -OCH3 is 2. The molecule has 0 saturated carbocycles. The number of rotatable bonds is 18. The molecule has 3 aliphatic rings. The number of nitrogens with zero attached hydrogens (tertiary/aromatic N) is 5. The van der Waals surface area contributed by atoms with E-state index in [4.69, 9.17) is 28.9 Å². The Balaban J connectivity index is 1.03. The van der Waals surface area contributed by atoms with Gasteiger partial charge in [0.1, 0.15) is 23.1 Å². The molecule has 3 aromatic heterocycles. The minimum absolute atomic E-state index is 0.0721. The number of aliphatic hydroxyl groups is 1. The van der Waals surface area contributed by atoms with Gasteiger partial charge in [0.25, 0.3) is 5.91 Å². The molecular formula is C53H66N10O8. The predicted octanol–water partition coefficient (Wildman–Crippen LogP) is 7.26. The summed E-state index contributed by atoms with van der Waals surface area (Å²) in [5, 5.41) is 19.9. The van der Waals surface area contributed by atoms with E-state index in [9.17, 15) is 19.5 Å². The van der Waals surface area contributed by atoms with Gasteiger partial charge in [-0.05, 0) is 93.5 Å². The summed E-state index contributed by atoms with van der Waals surface area (Å²) in [7, 11) is 2.78. The maximum Gasteiger partial charge on any atom is 0.407 e. The summed E-state index contributed by atoms with van der Waals surface area (Å²) in [6.45, 7) is 12.5. The molecule has 0 spiro atoms. The molecule has 6 N–H and O–H groups in total. The SMILES string of the molecule is CCNC(=O)COc1cccc(C2Oc3cc(-c4cnc(C5CCCN5CC(NC(=O)OC)C(C)C)[nH]4)ccc3-c3cc4cc(-c5cnc(C6CCCN6C(=O)C(NC(O)OC)C(C)C)[nH]5)ccc4n32)c1. The van der Waals surface area contributed by atoms with Gasteiger partial charge in [0.05, 0.1) is 60.2 Å². The van der Waals surface area contributed by atoms with Gasteiger partial charge < -0.3 is 54.1 Å². The first-order valence-electron chi connectivity index (χ1n) is 24.8. The molecule has 0 bridgehead atoms. The Hall–Kier alpha value is -6.73. The Morgan fingerprint density at radius 2 is 1.59 bits per heavy atom. The lowest BCUT2D eigenvalue weighted by molar-refractivity contribution is -0.145. The van der Waals surface area contributed by atoms with E-state index in [2.05, 4.69) is 91.7 Å². The molecule has 0 radical (unpaired) electrons. The van der Waals surface area contributed by atoms with Crippen LogP contribution in [0, 0.1) is 11.8 Å². The van der Waals surface area contributed by atoms with Gasteiger partial charge in [0, 0.05) is 60.4 Å². The van der Waals surface area contributed by atoms with Crippen molar-refractivity contribution in [3.8, 4) is 45.3 Å². The van der Waals surface area contributed by atoms with Crippen LogP contribution in [0.15, 0.2) is 79.1 Å². The Kier molecular flexibility index (Phi) is 14.8. The fourth-order valence-corrected chi connectivity index (χ4v) is 10.2. The van der Waals surface area contributed by atoms with Crippen molar-refractivity contribution in [1.82, 2.24) is 50.3 Å². The number of likely N-dealkylation sites (tertiary alicyclic amines) is 2. The summed E-state index contributed by atoms with van der Waals surface area (Å²) in [6, 6.07) is 21.5. The van der Waals surface area contributed by atoms with E-state index in [0.29, 0.717) is 37.0 Å². The molecule has 6 unspecified atom stereocenters. The number of fused-ring (bicyclic) bond motifs is 5. The maximum absolute atomic E-state index is 13.9. The van der Waals surface area contributed by atoms with Crippen LogP contribution in [-0.4, -0.2) is 123 Å². The minimum Gasteiger partial charge on any atom is -0.484 e. The summed E-state index contributed by atoms with van der Waals surface area (Å²) in [4.78, 5) is 59.6. The van der Waals surface area contributed by atoms with Crippen LogP contribution in [0.2, 0.25) is 0 Å². The normalized spacial score (nSPS) is 19.1. The molecule has 6 aromatic rings. The van der Waals surface area contributed by atoms with E-state index < -0.39 is 24.8 Å². The van der Waals surface area contributed by atoms with Crippen LogP contribution in [0.1, 0.15) is 95.8 Å². The van der Waals surface area contributed by atoms with Crippen LogP contribution < -0.4 is 25.4 Å². The molecule has 6 heterocycles. The molecule has 18 heteroatoms. The lowest BCUT2D eigenvalue weighted by Crippen LogP contribution is -2.52. The number of nitrogens with one attached hydrogen (secondary N) is 5. The zero-order valence-electron chi connectivity index (χ0n) is 41.5. The Morgan fingerprint density at radius 3 is 2.31 bits per heavy atom. The first kappa shape index (κ1) is 49.3. The van der Waals surface area contributed by atoms with Crippen LogP contribution in [0.5, 0.6) is 11.5 Å². The van der Waals surface area contributed by atoms with Gasteiger partial charge in [-0.25, -0.2) is 14.8 Å². The highest BCUT2D eigenvalue weighted by Crippen LogP contribution is 2.46. The van der Waals surface area contributed by atoms with E-state index in [0.717, 1.165) is 88.3 Å². The number of aromatic nitrogens is 5. The molecule has 376 valence electrons. The molecule has 2 fully saturated rings. The van der Waals surface area contributed by atoms with E-state index in [1.54, 1.807) is 0 Å². The van der Waals surface area contributed by atoms with Crippen molar-refractivity contribution in [2.75, 3.05) is 47.0 Å². The molecule has 2 saturated heterocycles. The molecular weight excluding hydrogens is 905 g/mol. The summed E-state index contributed by atoms with van der Waals surface area (Å²) < 4.78 is 25.2. The number of hydrogen-bond acceptors (Lipinski definition) is 12. The topological polar surface area (TPSA) is 213 Å². The van der Waals surface area contributed by atoms with Crippen LogP contribution in [0.25, 0.3) is 44.7 Å². The van der Waals surface area contributed by atoms with Gasteiger partial charge in [0.15, 0.2) is 6.61 Å². The number of H-pyrrole nitrogens is 2. The second-order valence-electron chi connectivity index (χ2n) is 19.3. The highest BCUT2D eigenvalue weighted by atomic mass is 16.6. The first-order valence-corrected chi connectivity index (χ1v) is 24.8. The number of likely N-dealkylation sites (N-methyl/N-ethyl adjacent to an activating group) is 1. The summed E-state index contributed by atoms with van der Waals surface area (Å²) >= 11 is 0. The van der Waals surface area contributed by atoms with Crippen molar-refractivity contribution in [3.05, 3.63) is 96.3 Å². The second kappa shape index (κ2) is 21.3. The van der Waals surface area contributed by atoms with Crippen molar-refractivity contribution < 1.29 is 38.4 Å². The monoisotopic (exact) mass is 971 g/mol. The van der Waals surface area contributed by atoms with Crippen molar-refractivity contribution in [1.29, 1.82) is 0 Å². The summed E-state index contributed by atoms with van der Waals surface area (Å²) in [5.74, 6) is 2.67. The largest absolute Gasteiger partial charge is 0.484 e. The van der Waals surface area contributed by atoms with Crippen molar-refractivity contribution in [3.63, 3.8) is 0 Å². The van der Waals surface area contributed by atoms with Gasteiger partial charge in [0.2, 0.25) is 18.5 Å². The van der Waals surface area contributed by atoms with Gasteiger partial charge in [-0.3, -0.25) is 19.8 Å². The molecule has 9 rings (SSSR count). The zero-order valence-corrected chi connectivity index (χ0v) is 41.5. The van der Waals surface area contributed by atoms with Crippen LogP contribution in [-0.2, 0) is 19.1 Å². The van der Waals surface area contributed by atoms with E-state index in [-0.39, 0.29) is 48.4 Å². The lowest BCUT2D eigenvalue weighted by atomic mass is 10.0. The van der Waals surface area contributed by atoms with E-state index >= 15 is 0 Å². The number of aliphatic hydroxyl groups excluding tert-OH is 1. The number of imidazole rings is 2. The number of hydrogen-bond donors (Lipinski definition) is 6. The average molecular weight is 971 g/mol. The van der Waals surface area contributed by atoms with Crippen LogP contribution >= 0.6 is 0 Å². The van der Waals surface area contributed by atoms with E-state index in [1.807, 2.05) is 62.3 Å². The zero-order chi connectivity index (χ0) is 49.9. The highest BCUT2D eigenvalue weighted by Gasteiger charge is 2.38. The number of alkyl carbamates (subject to hydrolysis) is 1. The maximum atomic E-state index is 13.9. The number of aromatic amines is 2. The molecule has 6 atom stereocenters. The number of carbonyl (C=O) groups is 3. The summed E-state index contributed by atoms with van der Waals surface area (Å²) in [6.07, 6.45) is 4.99. The number of ether oxygens (including phenoxy) is 4. The molecule has 3 aromatic carbocycles. The quantitative estimate of drug-likeness (QED) is 0.0470. The van der Waals surface area contributed by atoms with Gasteiger partial charge in [-0.1, -0.05) is 52.0 Å². The van der Waals surface area contributed by atoms with Gasteiger partial charge in [-0.15, -0.1) is 0 Å². The summed E-state index contributed by atoms with van der Waals surface area (Å²) in [5.41, 5.74) is 7.23. The molecule has 3 aliphatic heterocycles. The van der Waals surface area contributed by atoms with Crippen molar-refractivity contribution in [2.24, 2.45) is 11.8 Å². The smallest absolute Gasteiger partial charge is 0.407 e. The third-order valence-electron chi connectivity index (χ3n) is 14.0. The van der Waals surface area contributed by atoms with Crippen LogP contribution in [0.4, 0.5) is 4.79 Å². The highest BCUT2D eigenvalue weighted by molar-refractivity contribution is 5.92. The Labute approximate surface area is 413 Å². The molecule has 0 aliphatic carbocycles. The molecule has 18 nitrogen and oxygen atoms in total. The number of amides is 3. The van der Waals surface area contributed by atoms with E-state index in [1.165, 1.54) is 14.2 Å². The second-order valence-corrected chi connectivity index (χ2v) is 19.3. The van der Waals surface area contributed by atoms with Crippen molar-refractivity contribution in [2.45, 2.75) is 97.1 Å². The van der Waals surface area contributed by atoms with Crippen LogP contribution in [0.3, 0.4) is 0 Å². The third kappa shape index (κ3) is 10.4. The third-order valence-corrected chi connectivity index (χ3v) is 14.0. The number of benzene rings is 3. The van der Waals surface area contributed by atoms with Gasteiger partial charge in [-0.2, -0.15) is 0 Å². The minimum atomic E-state index is -1.26. The van der Waals surface area contributed by atoms with Crippen molar-refractivity contribution >= 4 is 28.8 Å². The standard InChI is InChI=1S/C53H66N10O8/c1-8-54-46(64)29-70-36-13-9-12-34(23-36)51-63-41-19-17-32(38-26-56-49(58-38)43-15-11-21-62(43)50(65)47(31(4)5)60-53(67)69-7)22-35(41)24-44(63)37-18-16-33(25-45(37)71-51)39-27-55-48(57-39)42-14-10-20-61(42)28-40(30(2)3)59-52(66)68-6/h9,12-13,16-19,22-27,30-31,40,42-43,47,51,53,60,67H,8,10-11,14-15,20-21,28-29H2,1-7H3,(H,54,64)(H,55,57)(H,56,58)(H,59,66). The Bertz CT molecular complexity index is 2850. The average Bonchev–Trinajstić information content (AvgIpc) is 4.24. The number of carbonyl (C=O) groups excluding carboxylic acids is 3. The lowest BCUT2D eigenvalue weighted by Gasteiger charge is -2.31. The van der Waals surface area contributed by atoms with Gasteiger partial charge >= 0.3 is 6.09 Å². The predicted molar refractivity (Wildman–Crippen MR) is 268 cm³/mol. The fourth-order valence-electron chi connectivity index (χ4n) is 10.2. The Morgan fingerprint density at radius 1 is 0.873 bits per heavy atom. The molecule has 71 heavy (non-hydrogen) atoms. The fraction of sp³-hybridized carbons (Fsp3) is 0.453. The molecule has 3 amide bonds. The first-order chi connectivity index (χ1) is 34.3.